The number of benzene rings is 3. The Morgan fingerprint density at radius 3 is 2.37 bits per heavy atom. The van der Waals surface area contributed by atoms with Gasteiger partial charge in [-0.3, -0.25) is 9.59 Å². The van der Waals surface area contributed by atoms with Crippen LogP contribution in [-0.4, -0.2) is 56.8 Å². The minimum atomic E-state index is -0.741. The molecule has 0 aliphatic heterocycles. The molecular formula is C31H33N7O2S. The highest BCUT2D eigenvalue weighted by Gasteiger charge is 2.34. The summed E-state index contributed by atoms with van der Waals surface area (Å²) in [6.45, 7) is 4.04. The lowest BCUT2D eigenvalue weighted by molar-refractivity contribution is -0.141. The number of nitrogens with zero attached hydrogens (tertiary/aromatic N) is 6. The van der Waals surface area contributed by atoms with Crippen molar-refractivity contribution in [3.05, 3.63) is 89.3 Å². The highest BCUT2D eigenvalue weighted by molar-refractivity contribution is 7.09. The van der Waals surface area contributed by atoms with Gasteiger partial charge >= 0.3 is 0 Å². The maximum atomic E-state index is 14.0. The van der Waals surface area contributed by atoms with E-state index < -0.39 is 6.04 Å². The molecule has 41 heavy (non-hydrogen) atoms. The topological polar surface area (TPSA) is 96.2 Å². The zero-order chi connectivity index (χ0) is 28.9. The summed E-state index contributed by atoms with van der Waals surface area (Å²) in [6, 6.07) is 24.3. The van der Waals surface area contributed by atoms with E-state index >= 15 is 0 Å². The van der Waals surface area contributed by atoms with Gasteiger partial charge in [0.1, 0.15) is 23.1 Å². The summed E-state index contributed by atoms with van der Waals surface area (Å²) in [7, 11) is 3.93. The van der Waals surface area contributed by atoms with Crippen LogP contribution in [0.25, 0.3) is 22.3 Å². The van der Waals surface area contributed by atoms with E-state index in [0.29, 0.717) is 11.2 Å². The summed E-state index contributed by atoms with van der Waals surface area (Å²) < 4.78 is 1.58. The summed E-state index contributed by atoms with van der Waals surface area (Å²) >= 11 is 1.47. The van der Waals surface area contributed by atoms with Crippen molar-refractivity contribution in [2.75, 3.05) is 24.3 Å². The highest BCUT2D eigenvalue weighted by Crippen LogP contribution is 2.25. The molecule has 0 aliphatic rings. The smallest absolute Gasteiger partial charge is 0.247 e. The first-order chi connectivity index (χ1) is 19.8. The van der Waals surface area contributed by atoms with Gasteiger partial charge < -0.3 is 15.1 Å². The number of rotatable bonds is 10. The second-order valence-corrected chi connectivity index (χ2v) is 11.3. The zero-order valence-electron chi connectivity index (χ0n) is 23.6. The van der Waals surface area contributed by atoms with Crippen molar-refractivity contribution < 1.29 is 9.59 Å². The molecule has 5 rings (SSSR count). The van der Waals surface area contributed by atoms with E-state index in [1.807, 2.05) is 117 Å². The summed E-state index contributed by atoms with van der Waals surface area (Å²) in [4.78, 5) is 36.2. The highest BCUT2D eigenvalue weighted by atomic mass is 32.1. The third-order valence-electron chi connectivity index (χ3n) is 6.84. The lowest BCUT2D eigenvalue weighted by atomic mass is 10.0. The predicted molar refractivity (Wildman–Crippen MR) is 164 cm³/mol. The average Bonchev–Trinajstić information content (AvgIpc) is 3.60. The SMILES string of the molecule is CC(C)[C@@H](C(=O)Nc1ccc(N(C)C)cc1)N(Cc1nc(-c2ccccc2)cs1)C(=O)Cn1nnc2ccccc21. The monoisotopic (exact) mass is 567 g/mol. The molecule has 0 saturated heterocycles. The molecule has 0 radical (unpaired) electrons. The Morgan fingerprint density at radius 2 is 1.66 bits per heavy atom. The van der Waals surface area contributed by atoms with Crippen LogP contribution in [0.2, 0.25) is 0 Å². The number of nitrogens with one attached hydrogen (secondary N) is 1. The second kappa shape index (κ2) is 12.3. The molecule has 0 bridgehead atoms. The van der Waals surface area contributed by atoms with Gasteiger partial charge in [0, 0.05) is 36.4 Å². The van der Waals surface area contributed by atoms with Gasteiger partial charge in [-0.2, -0.15) is 0 Å². The van der Waals surface area contributed by atoms with Crippen LogP contribution in [0.15, 0.2) is 84.2 Å². The third-order valence-corrected chi connectivity index (χ3v) is 7.67. The summed E-state index contributed by atoms with van der Waals surface area (Å²) in [6.07, 6.45) is 0. The van der Waals surface area contributed by atoms with Gasteiger partial charge in [-0.25, -0.2) is 9.67 Å². The Labute approximate surface area is 243 Å². The number of amides is 2. The van der Waals surface area contributed by atoms with Gasteiger partial charge in [-0.15, -0.1) is 16.4 Å². The van der Waals surface area contributed by atoms with E-state index in [-0.39, 0.29) is 30.8 Å². The van der Waals surface area contributed by atoms with E-state index in [9.17, 15) is 9.59 Å². The first kappa shape index (κ1) is 28.0. The van der Waals surface area contributed by atoms with E-state index in [2.05, 4.69) is 15.6 Å². The molecule has 2 amide bonds. The normalized spacial score (nSPS) is 11.9. The quantitative estimate of drug-likeness (QED) is 0.246. The number of carbonyl (C=O) groups is 2. The van der Waals surface area contributed by atoms with Gasteiger partial charge in [0.15, 0.2) is 0 Å². The van der Waals surface area contributed by atoms with Gasteiger partial charge in [-0.05, 0) is 42.3 Å². The maximum absolute atomic E-state index is 14.0. The van der Waals surface area contributed by atoms with E-state index in [1.54, 1.807) is 9.58 Å². The molecule has 5 aromatic rings. The standard InChI is InChI=1S/C31H33N7O2S/c1-21(2)30(31(40)32-23-14-16-24(17-15-23)36(3)4)37(18-28-33-26(20-41-28)22-10-6-5-7-11-22)29(39)19-38-27-13-9-8-12-25(27)34-35-38/h5-17,20-21,30H,18-19H2,1-4H3,(H,32,40)/t30-/m0/s1. The summed E-state index contributed by atoms with van der Waals surface area (Å²) in [5, 5.41) is 14.2. The number of thiazole rings is 1. The van der Waals surface area contributed by atoms with Crippen LogP contribution in [-0.2, 0) is 22.7 Å². The molecule has 0 aliphatic carbocycles. The maximum Gasteiger partial charge on any atom is 0.247 e. The number of para-hydroxylation sites is 1. The van der Waals surface area contributed by atoms with E-state index in [4.69, 9.17) is 4.98 Å². The van der Waals surface area contributed by atoms with Crippen LogP contribution in [0.1, 0.15) is 18.9 Å². The lowest BCUT2D eigenvalue weighted by Crippen LogP contribution is -2.50. The number of hydrogen-bond donors (Lipinski definition) is 1. The molecule has 0 fully saturated rings. The average molecular weight is 568 g/mol. The molecule has 0 unspecified atom stereocenters. The molecule has 9 nitrogen and oxygen atoms in total. The van der Waals surface area contributed by atoms with Crippen molar-refractivity contribution in [1.29, 1.82) is 0 Å². The van der Waals surface area contributed by atoms with Crippen molar-refractivity contribution in [2.24, 2.45) is 5.92 Å². The Bertz CT molecular complexity index is 1630. The summed E-state index contributed by atoms with van der Waals surface area (Å²) in [5.41, 5.74) is 5.00. The minimum Gasteiger partial charge on any atom is -0.378 e. The lowest BCUT2D eigenvalue weighted by Gasteiger charge is -2.33. The Kier molecular flexibility index (Phi) is 8.39. The minimum absolute atomic E-state index is 0.0501. The first-order valence-corrected chi connectivity index (χ1v) is 14.3. The van der Waals surface area contributed by atoms with Crippen LogP contribution in [0.4, 0.5) is 11.4 Å². The molecule has 0 spiro atoms. The van der Waals surface area contributed by atoms with Crippen molar-refractivity contribution in [1.82, 2.24) is 24.9 Å². The van der Waals surface area contributed by atoms with Crippen molar-refractivity contribution in [3.8, 4) is 11.3 Å². The van der Waals surface area contributed by atoms with Gasteiger partial charge in [0.2, 0.25) is 11.8 Å². The number of carbonyl (C=O) groups excluding carboxylic acids is 2. The number of hydrogen-bond acceptors (Lipinski definition) is 7. The summed E-state index contributed by atoms with van der Waals surface area (Å²) in [5.74, 6) is -0.663. The van der Waals surface area contributed by atoms with Crippen LogP contribution in [0.3, 0.4) is 0 Å². The van der Waals surface area contributed by atoms with Crippen LogP contribution >= 0.6 is 11.3 Å². The molecule has 1 N–H and O–H groups in total. The van der Waals surface area contributed by atoms with Crippen molar-refractivity contribution in [2.45, 2.75) is 33.0 Å². The van der Waals surface area contributed by atoms with E-state index in [0.717, 1.165) is 27.5 Å². The molecular weight excluding hydrogens is 534 g/mol. The molecule has 10 heteroatoms. The Balaban J connectivity index is 1.44. The molecule has 210 valence electrons. The van der Waals surface area contributed by atoms with Crippen molar-refractivity contribution in [3.63, 3.8) is 0 Å². The second-order valence-electron chi connectivity index (χ2n) is 10.4. The predicted octanol–water partition coefficient (Wildman–Crippen LogP) is 5.31. The zero-order valence-corrected chi connectivity index (χ0v) is 24.4. The van der Waals surface area contributed by atoms with Gasteiger partial charge in [0.25, 0.3) is 0 Å². The van der Waals surface area contributed by atoms with E-state index in [1.165, 1.54) is 11.3 Å². The fourth-order valence-corrected chi connectivity index (χ4v) is 5.53. The van der Waals surface area contributed by atoms with Crippen molar-refractivity contribution >= 4 is 45.6 Å². The van der Waals surface area contributed by atoms with Crippen LogP contribution in [0.5, 0.6) is 0 Å². The fourth-order valence-electron chi connectivity index (χ4n) is 4.73. The molecule has 0 saturated carbocycles. The number of aromatic nitrogens is 4. The molecule has 2 aromatic heterocycles. The fraction of sp³-hybridized carbons (Fsp3) is 0.258. The third kappa shape index (κ3) is 6.44. The number of anilines is 2. The Morgan fingerprint density at radius 1 is 0.951 bits per heavy atom. The number of fused-ring (bicyclic) bond motifs is 1. The van der Waals surface area contributed by atoms with Crippen LogP contribution < -0.4 is 10.2 Å². The molecule has 2 heterocycles. The Hall–Kier alpha value is -4.57. The van der Waals surface area contributed by atoms with Gasteiger partial charge in [-0.1, -0.05) is 61.5 Å². The molecule has 3 aromatic carbocycles. The molecule has 1 atom stereocenters. The van der Waals surface area contributed by atoms with Gasteiger partial charge in [0.05, 0.1) is 17.8 Å². The largest absolute Gasteiger partial charge is 0.378 e. The van der Waals surface area contributed by atoms with Crippen LogP contribution in [0, 0.1) is 5.92 Å². The first-order valence-electron chi connectivity index (χ1n) is 13.5.